The number of benzene rings is 1. The third-order valence-electron chi connectivity index (χ3n) is 3.43. The van der Waals surface area contributed by atoms with E-state index in [0.29, 0.717) is 28.2 Å². The molecule has 25 heavy (non-hydrogen) atoms. The van der Waals surface area contributed by atoms with Gasteiger partial charge >= 0.3 is 0 Å². The van der Waals surface area contributed by atoms with Gasteiger partial charge in [-0.05, 0) is 37.6 Å². The molecule has 0 fully saturated rings. The summed E-state index contributed by atoms with van der Waals surface area (Å²) in [4.78, 5) is 20.6. The second-order valence-electron chi connectivity index (χ2n) is 5.31. The standard InChI is InChI=1S/C17H16ClN5O2/c1-11-13(18)5-3-6-14(11)22-16(24)10-25-17-9-15(20-12(2)21-17)23-8-4-7-19-23/h3-9H,10H2,1-2H3,(H,22,24). The van der Waals surface area contributed by atoms with Gasteiger partial charge in [0.05, 0.1) is 0 Å². The molecule has 7 nitrogen and oxygen atoms in total. The van der Waals surface area contributed by atoms with Gasteiger partial charge in [0.25, 0.3) is 5.91 Å². The Labute approximate surface area is 149 Å². The molecule has 1 N–H and O–H groups in total. The highest BCUT2D eigenvalue weighted by Gasteiger charge is 2.10. The molecule has 0 spiro atoms. The van der Waals surface area contributed by atoms with Crippen molar-refractivity contribution in [3.05, 3.63) is 59.1 Å². The Morgan fingerprint density at radius 2 is 2.12 bits per heavy atom. The maximum Gasteiger partial charge on any atom is 0.262 e. The lowest BCUT2D eigenvalue weighted by molar-refractivity contribution is -0.118. The Hall–Kier alpha value is -2.93. The maximum absolute atomic E-state index is 12.1. The predicted molar refractivity (Wildman–Crippen MR) is 94.2 cm³/mol. The summed E-state index contributed by atoms with van der Waals surface area (Å²) in [6.07, 6.45) is 3.42. The Balaban J connectivity index is 1.67. The second-order valence-corrected chi connectivity index (χ2v) is 5.72. The number of anilines is 1. The van der Waals surface area contributed by atoms with Crippen LogP contribution in [0.15, 0.2) is 42.7 Å². The van der Waals surface area contributed by atoms with E-state index in [0.717, 1.165) is 5.56 Å². The largest absolute Gasteiger partial charge is 0.467 e. The van der Waals surface area contributed by atoms with E-state index in [1.165, 1.54) is 0 Å². The molecule has 0 bridgehead atoms. The van der Waals surface area contributed by atoms with Crippen LogP contribution >= 0.6 is 11.6 Å². The first-order valence-corrected chi connectivity index (χ1v) is 7.94. The maximum atomic E-state index is 12.1. The fourth-order valence-corrected chi connectivity index (χ4v) is 2.36. The molecule has 2 heterocycles. The number of rotatable bonds is 5. The summed E-state index contributed by atoms with van der Waals surface area (Å²) in [6.45, 7) is 3.40. The van der Waals surface area contributed by atoms with Crippen molar-refractivity contribution in [2.24, 2.45) is 0 Å². The third-order valence-corrected chi connectivity index (χ3v) is 3.84. The van der Waals surface area contributed by atoms with Gasteiger partial charge in [-0.1, -0.05) is 17.7 Å². The van der Waals surface area contributed by atoms with Gasteiger partial charge in [-0.2, -0.15) is 10.1 Å². The summed E-state index contributed by atoms with van der Waals surface area (Å²) in [5.41, 5.74) is 1.45. The van der Waals surface area contributed by atoms with Crippen LogP contribution < -0.4 is 10.1 Å². The van der Waals surface area contributed by atoms with Gasteiger partial charge in [-0.25, -0.2) is 9.67 Å². The zero-order chi connectivity index (χ0) is 17.8. The van der Waals surface area contributed by atoms with Gasteiger partial charge < -0.3 is 10.1 Å². The van der Waals surface area contributed by atoms with Crippen molar-refractivity contribution in [2.45, 2.75) is 13.8 Å². The number of aromatic nitrogens is 4. The molecule has 1 aromatic carbocycles. The first kappa shape index (κ1) is 16.9. The van der Waals surface area contributed by atoms with Gasteiger partial charge in [0.2, 0.25) is 5.88 Å². The highest BCUT2D eigenvalue weighted by atomic mass is 35.5. The highest BCUT2D eigenvalue weighted by Crippen LogP contribution is 2.22. The lowest BCUT2D eigenvalue weighted by Crippen LogP contribution is -2.21. The van der Waals surface area contributed by atoms with Crippen LogP contribution in [-0.2, 0) is 4.79 Å². The second kappa shape index (κ2) is 7.31. The van der Waals surface area contributed by atoms with Crippen molar-refractivity contribution in [2.75, 3.05) is 11.9 Å². The first-order chi connectivity index (χ1) is 12.0. The molecule has 3 rings (SSSR count). The first-order valence-electron chi connectivity index (χ1n) is 7.56. The molecule has 0 atom stereocenters. The van der Waals surface area contributed by atoms with E-state index in [-0.39, 0.29) is 12.5 Å². The monoisotopic (exact) mass is 357 g/mol. The van der Waals surface area contributed by atoms with Crippen LogP contribution in [0.3, 0.4) is 0 Å². The summed E-state index contributed by atoms with van der Waals surface area (Å²) >= 11 is 6.05. The summed E-state index contributed by atoms with van der Waals surface area (Å²) in [5.74, 6) is 1.09. The van der Waals surface area contributed by atoms with Crippen molar-refractivity contribution >= 4 is 23.2 Å². The topological polar surface area (TPSA) is 81.9 Å². The number of hydrogen-bond acceptors (Lipinski definition) is 5. The fourth-order valence-electron chi connectivity index (χ4n) is 2.19. The van der Waals surface area contributed by atoms with Gasteiger partial charge in [0.15, 0.2) is 12.4 Å². The minimum Gasteiger partial charge on any atom is -0.467 e. The number of hydrogen-bond donors (Lipinski definition) is 1. The minimum atomic E-state index is -0.303. The van der Waals surface area contributed by atoms with Crippen LogP contribution in [0.4, 0.5) is 5.69 Å². The molecule has 8 heteroatoms. The molecule has 2 aromatic heterocycles. The van der Waals surface area contributed by atoms with Gasteiger partial charge in [0.1, 0.15) is 5.82 Å². The van der Waals surface area contributed by atoms with Crippen LogP contribution in [0, 0.1) is 13.8 Å². The molecule has 0 saturated carbocycles. The van der Waals surface area contributed by atoms with Gasteiger partial charge in [0, 0.05) is 29.2 Å². The number of ether oxygens (including phenoxy) is 1. The number of amides is 1. The number of carbonyl (C=O) groups is 1. The number of nitrogens with zero attached hydrogens (tertiary/aromatic N) is 4. The van der Waals surface area contributed by atoms with Crippen LogP contribution in [0.1, 0.15) is 11.4 Å². The van der Waals surface area contributed by atoms with Crippen molar-refractivity contribution in [3.63, 3.8) is 0 Å². The lowest BCUT2D eigenvalue weighted by atomic mass is 10.2. The van der Waals surface area contributed by atoms with Crippen LogP contribution in [0.5, 0.6) is 5.88 Å². The van der Waals surface area contributed by atoms with Crippen molar-refractivity contribution in [1.29, 1.82) is 0 Å². The molecule has 0 aliphatic carbocycles. The molecule has 0 saturated heterocycles. The Bertz CT molecular complexity index is 896. The van der Waals surface area contributed by atoms with Gasteiger partial charge in [-0.15, -0.1) is 0 Å². The predicted octanol–water partition coefficient (Wildman–Crippen LogP) is 2.95. The van der Waals surface area contributed by atoms with E-state index >= 15 is 0 Å². The summed E-state index contributed by atoms with van der Waals surface area (Å²) in [5, 5.41) is 7.48. The SMILES string of the molecule is Cc1nc(OCC(=O)Nc2cccc(Cl)c2C)cc(-n2cccn2)n1. The Morgan fingerprint density at radius 1 is 1.28 bits per heavy atom. The average molecular weight is 358 g/mol. The summed E-state index contributed by atoms with van der Waals surface area (Å²) in [7, 11) is 0. The average Bonchev–Trinajstić information content (AvgIpc) is 3.11. The van der Waals surface area contributed by atoms with E-state index in [1.54, 1.807) is 54.3 Å². The molecule has 0 aliphatic rings. The number of carbonyl (C=O) groups excluding carboxylic acids is 1. The molecule has 3 aromatic rings. The summed E-state index contributed by atoms with van der Waals surface area (Å²) in [6, 6.07) is 8.74. The molecule has 0 aliphatic heterocycles. The Morgan fingerprint density at radius 3 is 2.88 bits per heavy atom. The molecular weight excluding hydrogens is 342 g/mol. The van der Waals surface area contributed by atoms with E-state index in [1.807, 2.05) is 6.92 Å². The van der Waals surface area contributed by atoms with Crippen LogP contribution in [0.2, 0.25) is 5.02 Å². The Kier molecular flexibility index (Phi) is 4.95. The molecule has 0 unspecified atom stereocenters. The fraction of sp³-hybridized carbons (Fsp3) is 0.176. The van der Waals surface area contributed by atoms with E-state index < -0.39 is 0 Å². The lowest BCUT2D eigenvalue weighted by Gasteiger charge is -2.11. The van der Waals surface area contributed by atoms with E-state index in [2.05, 4.69) is 20.4 Å². The summed E-state index contributed by atoms with van der Waals surface area (Å²) < 4.78 is 7.09. The van der Waals surface area contributed by atoms with E-state index in [9.17, 15) is 4.79 Å². The van der Waals surface area contributed by atoms with Crippen molar-refractivity contribution < 1.29 is 9.53 Å². The normalized spacial score (nSPS) is 10.5. The zero-order valence-electron chi connectivity index (χ0n) is 13.7. The smallest absolute Gasteiger partial charge is 0.262 e. The van der Waals surface area contributed by atoms with Crippen LogP contribution in [0.25, 0.3) is 5.82 Å². The number of halogens is 1. The van der Waals surface area contributed by atoms with Gasteiger partial charge in [-0.3, -0.25) is 4.79 Å². The number of nitrogens with one attached hydrogen (secondary N) is 1. The number of aryl methyl sites for hydroxylation is 1. The van der Waals surface area contributed by atoms with E-state index in [4.69, 9.17) is 16.3 Å². The molecular formula is C17H16ClN5O2. The molecule has 1 amide bonds. The van der Waals surface area contributed by atoms with Crippen molar-refractivity contribution in [3.8, 4) is 11.7 Å². The minimum absolute atomic E-state index is 0.180. The van der Waals surface area contributed by atoms with Crippen molar-refractivity contribution in [1.82, 2.24) is 19.7 Å². The quantitative estimate of drug-likeness (QED) is 0.759. The highest BCUT2D eigenvalue weighted by molar-refractivity contribution is 6.31. The van der Waals surface area contributed by atoms with Crippen LogP contribution in [-0.4, -0.2) is 32.3 Å². The third kappa shape index (κ3) is 4.13. The zero-order valence-corrected chi connectivity index (χ0v) is 14.5. The molecule has 128 valence electrons. The molecule has 0 radical (unpaired) electrons.